The molecule has 1 aromatic heterocycles. The van der Waals surface area contributed by atoms with Gasteiger partial charge < -0.3 is 20.7 Å². The highest BCUT2D eigenvalue weighted by Crippen LogP contribution is 2.33. The summed E-state index contributed by atoms with van der Waals surface area (Å²) in [4.78, 5) is 25.5. The number of aromatic nitrogens is 1. The van der Waals surface area contributed by atoms with Crippen molar-refractivity contribution in [2.75, 3.05) is 43.2 Å². The van der Waals surface area contributed by atoms with Crippen molar-refractivity contribution in [2.24, 2.45) is 10.7 Å². The quantitative estimate of drug-likeness (QED) is 0.487. The highest BCUT2D eigenvalue weighted by molar-refractivity contribution is 6.10. The Morgan fingerprint density at radius 2 is 2.17 bits per heavy atom. The van der Waals surface area contributed by atoms with Gasteiger partial charge in [0.25, 0.3) is 5.91 Å². The number of anilines is 2. The molecule has 4 rings (SSSR count). The SMILES string of the molecule is CNCc1cc(N2CCOCC2)cc2c1CN(c1cccc(C(N)=NC=N)n1)C2=O. The van der Waals surface area contributed by atoms with Crippen LogP contribution in [0.5, 0.6) is 0 Å². The number of pyridine rings is 1. The van der Waals surface area contributed by atoms with E-state index in [2.05, 4.69) is 26.3 Å². The number of aliphatic imine (C=N–C) groups is 1. The molecule has 1 fully saturated rings. The summed E-state index contributed by atoms with van der Waals surface area (Å²) in [6, 6.07) is 9.43. The van der Waals surface area contributed by atoms with E-state index in [9.17, 15) is 4.79 Å². The number of hydrogen-bond donors (Lipinski definition) is 3. The number of benzene rings is 1. The second kappa shape index (κ2) is 8.60. The summed E-state index contributed by atoms with van der Waals surface area (Å²) in [5.74, 6) is 0.575. The van der Waals surface area contributed by atoms with Crippen molar-refractivity contribution < 1.29 is 9.53 Å². The number of ether oxygens (including phenoxy) is 1. The van der Waals surface area contributed by atoms with E-state index in [0.29, 0.717) is 43.4 Å². The lowest BCUT2D eigenvalue weighted by molar-refractivity contribution is 0.0996. The second-order valence-electron chi connectivity index (χ2n) is 7.18. The number of carbonyl (C=O) groups is 1. The molecule has 0 spiro atoms. The van der Waals surface area contributed by atoms with Gasteiger partial charge in [0.05, 0.1) is 19.8 Å². The first-order valence-corrected chi connectivity index (χ1v) is 9.87. The van der Waals surface area contributed by atoms with Gasteiger partial charge in [0.1, 0.15) is 17.9 Å². The molecule has 2 aliphatic rings. The van der Waals surface area contributed by atoms with Crippen LogP contribution in [-0.4, -0.2) is 56.4 Å². The molecule has 30 heavy (non-hydrogen) atoms. The molecule has 2 aliphatic heterocycles. The summed E-state index contributed by atoms with van der Waals surface area (Å²) in [5.41, 5.74) is 10.2. The lowest BCUT2D eigenvalue weighted by atomic mass is 10.0. The van der Waals surface area contributed by atoms with Gasteiger partial charge in [-0.15, -0.1) is 0 Å². The van der Waals surface area contributed by atoms with Crippen LogP contribution < -0.4 is 20.9 Å². The minimum Gasteiger partial charge on any atom is -0.382 e. The Balaban J connectivity index is 1.70. The topological polar surface area (TPSA) is 120 Å². The molecule has 1 amide bonds. The van der Waals surface area contributed by atoms with Crippen molar-refractivity contribution in [2.45, 2.75) is 13.1 Å². The molecule has 0 unspecified atom stereocenters. The summed E-state index contributed by atoms with van der Waals surface area (Å²) in [6.07, 6.45) is 0.873. The van der Waals surface area contributed by atoms with E-state index in [0.717, 1.165) is 36.2 Å². The molecule has 2 aromatic rings. The third-order valence-electron chi connectivity index (χ3n) is 5.34. The summed E-state index contributed by atoms with van der Waals surface area (Å²) in [7, 11) is 1.90. The molecule has 0 bridgehead atoms. The maximum absolute atomic E-state index is 13.3. The highest BCUT2D eigenvalue weighted by Gasteiger charge is 2.32. The number of nitrogens with one attached hydrogen (secondary N) is 2. The zero-order valence-electron chi connectivity index (χ0n) is 16.9. The normalized spacial score (nSPS) is 16.7. The molecule has 0 atom stereocenters. The van der Waals surface area contributed by atoms with E-state index < -0.39 is 0 Å². The van der Waals surface area contributed by atoms with Gasteiger partial charge in [-0.2, -0.15) is 0 Å². The molecule has 9 heteroatoms. The van der Waals surface area contributed by atoms with Crippen LogP contribution >= 0.6 is 0 Å². The minimum absolute atomic E-state index is 0.0790. The predicted octanol–water partition coefficient (Wildman–Crippen LogP) is 1.11. The number of fused-ring (bicyclic) bond motifs is 1. The largest absolute Gasteiger partial charge is 0.382 e. The summed E-state index contributed by atoms with van der Waals surface area (Å²) in [6.45, 7) is 4.12. The van der Waals surface area contributed by atoms with Gasteiger partial charge in [-0.05, 0) is 42.4 Å². The number of hydrogen-bond acceptors (Lipinski definition) is 6. The van der Waals surface area contributed by atoms with E-state index in [1.165, 1.54) is 0 Å². The average Bonchev–Trinajstić information content (AvgIpc) is 3.12. The van der Waals surface area contributed by atoms with Gasteiger partial charge in [0, 0.05) is 30.9 Å². The smallest absolute Gasteiger partial charge is 0.260 e. The molecule has 0 saturated carbocycles. The highest BCUT2D eigenvalue weighted by atomic mass is 16.5. The van der Waals surface area contributed by atoms with Crippen molar-refractivity contribution >= 4 is 29.6 Å². The van der Waals surface area contributed by atoms with Crippen LogP contribution in [0, 0.1) is 5.41 Å². The Bertz CT molecular complexity index is 999. The first-order valence-electron chi connectivity index (χ1n) is 9.87. The predicted molar refractivity (Wildman–Crippen MR) is 116 cm³/mol. The lowest BCUT2D eigenvalue weighted by Gasteiger charge is -2.29. The zero-order chi connectivity index (χ0) is 21.1. The Kier molecular flexibility index (Phi) is 5.73. The first kappa shape index (κ1) is 20.0. The number of nitrogens with zero attached hydrogens (tertiary/aromatic N) is 4. The number of carbonyl (C=O) groups excluding carboxylic acids is 1. The van der Waals surface area contributed by atoms with Crippen LogP contribution in [0.4, 0.5) is 11.5 Å². The zero-order valence-corrected chi connectivity index (χ0v) is 16.9. The van der Waals surface area contributed by atoms with Crippen LogP contribution in [0.1, 0.15) is 27.2 Å². The first-order chi connectivity index (χ1) is 14.6. The van der Waals surface area contributed by atoms with Crippen LogP contribution in [0.2, 0.25) is 0 Å². The van der Waals surface area contributed by atoms with E-state index in [1.54, 1.807) is 23.1 Å². The lowest BCUT2D eigenvalue weighted by Crippen LogP contribution is -2.36. The Morgan fingerprint density at radius 1 is 1.37 bits per heavy atom. The van der Waals surface area contributed by atoms with Crippen LogP contribution in [0.15, 0.2) is 35.3 Å². The molecule has 0 aliphatic carbocycles. The number of nitrogens with two attached hydrogens (primary N) is 1. The van der Waals surface area contributed by atoms with Crippen molar-refractivity contribution in [3.63, 3.8) is 0 Å². The third kappa shape index (κ3) is 3.77. The molecule has 0 radical (unpaired) electrons. The molecule has 1 aromatic carbocycles. The summed E-state index contributed by atoms with van der Waals surface area (Å²) in [5, 5.41) is 10.3. The fraction of sp³-hybridized carbons (Fsp3) is 0.333. The van der Waals surface area contributed by atoms with E-state index in [-0.39, 0.29) is 11.7 Å². The molecule has 9 nitrogen and oxygen atoms in total. The second-order valence-corrected chi connectivity index (χ2v) is 7.18. The standard InChI is InChI=1S/C21H25N7O2/c1-24-11-14-9-15(27-5-7-30-8-6-27)10-16-17(14)12-28(21(16)29)19-4-2-3-18(26-19)20(23)25-13-22/h2-4,9-10,13,24H,5-8,11-12H2,1H3,(H3,22,23,25). The monoisotopic (exact) mass is 407 g/mol. The number of amides is 1. The van der Waals surface area contributed by atoms with Crippen molar-refractivity contribution in [3.8, 4) is 0 Å². The molecular formula is C21H25N7O2. The van der Waals surface area contributed by atoms with Crippen LogP contribution in [0.25, 0.3) is 0 Å². The van der Waals surface area contributed by atoms with E-state index in [1.807, 2.05) is 13.1 Å². The van der Waals surface area contributed by atoms with Gasteiger partial charge in [-0.25, -0.2) is 9.98 Å². The van der Waals surface area contributed by atoms with Gasteiger partial charge in [0.2, 0.25) is 0 Å². The van der Waals surface area contributed by atoms with Crippen molar-refractivity contribution in [3.05, 3.63) is 52.7 Å². The molecular weight excluding hydrogens is 382 g/mol. The number of morpholine rings is 1. The molecule has 4 N–H and O–H groups in total. The van der Waals surface area contributed by atoms with Crippen molar-refractivity contribution in [1.29, 1.82) is 5.41 Å². The fourth-order valence-electron chi connectivity index (χ4n) is 3.86. The maximum Gasteiger partial charge on any atom is 0.260 e. The molecule has 3 heterocycles. The van der Waals surface area contributed by atoms with Gasteiger partial charge in [-0.3, -0.25) is 15.1 Å². The van der Waals surface area contributed by atoms with Gasteiger partial charge >= 0.3 is 0 Å². The third-order valence-corrected chi connectivity index (χ3v) is 5.34. The minimum atomic E-state index is -0.0790. The van der Waals surface area contributed by atoms with Crippen molar-refractivity contribution in [1.82, 2.24) is 10.3 Å². The number of amidine groups is 1. The van der Waals surface area contributed by atoms with Crippen LogP contribution in [0.3, 0.4) is 0 Å². The molecule has 156 valence electrons. The van der Waals surface area contributed by atoms with E-state index in [4.69, 9.17) is 15.9 Å². The average molecular weight is 407 g/mol. The fourth-order valence-corrected chi connectivity index (χ4v) is 3.86. The van der Waals surface area contributed by atoms with Crippen LogP contribution in [-0.2, 0) is 17.8 Å². The van der Waals surface area contributed by atoms with Gasteiger partial charge in [-0.1, -0.05) is 6.07 Å². The summed E-state index contributed by atoms with van der Waals surface area (Å²) < 4.78 is 5.46. The Hall–Kier alpha value is -3.30. The molecule has 1 saturated heterocycles. The maximum atomic E-state index is 13.3. The van der Waals surface area contributed by atoms with Gasteiger partial charge in [0.15, 0.2) is 5.84 Å². The number of rotatable bonds is 6. The van der Waals surface area contributed by atoms with E-state index >= 15 is 0 Å². The summed E-state index contributed by atoms with van der Waals surface area (Å²) >= 11 is 0. The Morgan fingerprint density at radius 3 is 2.90 bits per heavy atom. The Labute approximate surface area is 175 Å².